The van der Waals surface area contributed by atoms with E-state index in [9.17, 15) is 0 Å². The summed E-state index contributed by atoms with van der Waals surface area (Å²) in [6, 6.07) is 16.4. The predicted octanol–water partition coefficient (Wildman–Crippen LogP) is 4.19. The third kappa shape index (κ3) is 2.75. The Balaban J connectivity index is 1.83. The highest BCUT2D eigenvalue weighted by atomic mass is 79.9. The van der Waals surface area contributed by atoms with Crippen molar-refractivity contribution in [2.75, 3.05) is 11.1 Å². The second kappa shape index (κ2) is 5.51. The van der Waals surface area contributed by atoms with E-state index in [-0.39, 0.29) is 0 Å². The lowest BCUT2D eigenvalue weighted by atomic mass is 10.1. The zero-order valence-electron chi connectivity index (χ0n) is 10.8. The normalized spacial score (nSPS) is 10.7. The monoisotopic (exact) mass is 327 g/mol. The average molecular weight is 328 g/mol. The van der Waals surface area contributed by atoms with Crippen molar-refractivity contribution in [3.8, 4) is 0 Å². The van der Waals surface area contributed by atoms with Gasteiger partial charge in [-0.25, -0.2) is 4.98 Å². The molecule has 1 heterocycles. The van der Waals surface area contributed by atoms with Gasteiger partial charge < -0.3 is 11.1 Å². The zero-order valence-corrected chi connectivity index (χ0v) is 12.4. The fourth-order valence-electron chi connectivity index (χ4n) is 2.15. The van der Waals surface area contributed by atoms with Crippen molar-refractivity contribution < 1.29 is 0 Å². The summed E-state index contributed by atoms with van der Waals surface area (Å²) in [5.41, 5.74) is 8.17. The molecule has 0 atom stereocenters. The van der Waals surface area contributed by atoms with Crippen molar-refractivity contribution in [3.05, 3.63) is 64.8 Å². The van der Waals surface area contributed by atoms with E-state index in [1.54, 1.807) is 6.20 Å². The van der Waals surface area contributed by atoms with Gasteiger partial charge in [-0.05, 0) is 41.3 Å². The van der Waals surface area contributed by atoms with Gasteiger partial charge in [-0.15, -0.1) is 0 Å². The SMILES string of the molecule is Nc1nccc2ccc(NCc3cccc(Br)c3)cc12. The molecule has 3 nitrogen and oxygen atoms in total. The second-order valence-corrected chi connectivity index (χ2v) is 5.53. The average Bonchev–Trinajstić information content (AvgIpc) is 2.46. The number of aromatic nitrogens is 1. The summed E-state index contributed by atoms with van der Waals surface area (Å²) in [5.74, 6) is 0.564. The van der Waals surface area contributed by atoms with Gasteiger partial charge in [0.15, 0.2) is 0 Å². The molecule has 0 unspecified atom stereocenters. The number of anilines is 2. The number of nitrogens with two attached hydrogens (primary N) is 1. The van der Waals surface area contributed by atoms with E-state index in [4.69, 9.17) is 5.73 Å². The molecule has 0 spiro atoms. The highest BCUT2D eigenvalue weighted by Gasteiger charge is 2.01. The minimum Gasteiger partial charge on any atom is -0.383 e. The quantitative estimate of drug-likeness (QED) is 0.758. The van der Waals surface area contributed by atoms with E-state index in [1.165, 1.54) is 5.56 Å². The second-order valence-electron chi connectivity index (χ2n) is 4.62. The first-order valence-electron chi connectivity index (χ1n) is 6.35. The summed E-state index contributed by atoms with van der Waals surface area (Å²) in [7, 11) is 0. The molecule has 3 aromatic rings. The first kappa shape index (κ1) is 12.9. The number of benzene rings is 2. The van der Waals surface area contributed by atoms with Crippen LogP contribution in [0.3, 0.4) is 0 Å². The Hall–Kier alpha value is -2.07. The number of fused-ring (bicyclic) bond motifs is 1. The molecule has 4 heteroatoms. The largest absolute Gasteiger partial charge is 0.383 e. The van der Waals surface area contributed by atoms with Gasteiger partial charge in [-0.1, -0.05) is 34.1 Å². The summed E-state index contributed by atoms with van der Waals surface area (Å²) < 4.78 is 1.09. The minimum absolute atomic E-state index is 0.564. The molecule has 3 N–H and O–H groups in total. The summed E-state index contributed by atoms with van der Waals surface area (Å²) in [6.07, 6.45) is 1.73. The molecule has 0 aliphatic carbocycles. The highest BCUT2D eigenvalue weighted by Crippen LogP contribution is 2.23. The van der Waals surface area contributed by atoms with Crippen molar-refractivity contribution in [2.45, 2.75) is 6.54 Å². The van der Waals surface area contributed by atoms with E-state index in [0.717, 1.165) is 27.5 Å². The van der Waals surface area contributed by atoms with Gasteiger partial charge in [0, 0.05) is 28.3 Å². The summed E-state index contributed by atoms with van der Waals surface area (Å²) in [4.78, 5) is 4.12. The molecule has 2 aromatic carbocycles. The standard InChI is InChI=1S/C16H14BrN3/c17-13-3-1-2-11(8-13)10-20-14-5-4-12-6-7-19-16(18)15(12)9-14/h1-9,20H,10H2,(H2,18,19). The molecule has 1 aromatic heterocycles. The van der Waals surface area contributed by atoms with Crippen molar-refractivity contribution in [1.29, 1.82) is 0 Å². The molecule has 0 fully saturated rings. The number of rotatable bonds is 3. The van der Waals surface area contributed by atoms with Crippen molar-refractivity contribution in [3.63, 3.8) is 0 Å². The molecule has 0 saturated carbocycles. The maximum absolute atomic E-state index is 5.91. The van der Waals surface area contributed by atoms with E-state index in [0.29, 0.717) is 5.82 Å². The van der Waals surface area contributed by atoms with Gasteiger partial charge >= 0.3 is 0 Å². The number of hydrogen-bond donors (Lipinski definition) is 2. The van der Waals surface area contributed by atoms with Crippen LogP contribution in [0, 0.1) is 0 Å². The van der Waals surface area contributed by atoms with Gasteiger partial charge in [0.25, 0.3) is 0 Å². The van der Waals surface area contributed by atoms with E-state index in [2.05, 4.69) is 50.5 Å². The first-order chi connectivity index (χ1) is 9.72. The van der Waals surface area contributed by atoms with Crippen LogP contribution in [-0.4, -0.2) is 4.98 Å². The van der Waals surface area contributed by atoms with Crippen LogP contribution in [-0.2, 0) is 6.54 Å². The molecule has 3 rings (SSSR count). The number of nitrogens with one attached hydrogen (secondary N) is 1. The van der Waals surface area contributed by atoms with Crippen molar-refractivity contribution in [2.24, 2.45) is 0 Å². The van der Waals surface area contributed by atoms with Gasteiger partial charge in [-0.2, -0.15) is 0 Å². The Labute approximate surface area is 126 Å². The molecule has 0 aliphatic rings. The molecular weight excluding hydrogens is 314 g/mol. The predicted molar refractivity (Wildman–Crippen MR) is 87.6 cm³/mol. The molecule has 0 bridgehead atoms. The lowest BCUT2D eigenvalue weighted by Gasteiger charge is -2.09. The van der Waals surface area contributed by atoms with Crippen LogP contribution in [0.4, 0.5) is 11.5 Å². The fraction of sp³-hybridized carbons (Fsp3) is 0.0625. The molecule has 0 amide bonds. The number of nitrogens with zero attached hydrogens (tertiary/aromatic N) is 1. The third-order valence-corrected chi connectivity index (χ3v) is 3.68. The highest BCUT2D eigenvalue weighted by molar-refractivity contribution is 9.10. The molecule has 0 radical (unpaired) electrons. The van der Waals surface area contributed by atoms with Crippen LogP contribution in [0.2, 0.25) is 0 Å². The smallest absolute Gasteiger partial charge is 0.131 e. The van der Waals surface area contributed by atoms with E-state index >= 15 is 0 Å². The Morgan fingerprint density at radius 3 is 2.85 bits per heavy atom. The van der Waals surface area contributed by atoms with Crippen LogP contribution < -0.4 is 11.1 Å². The van der Waals surface area contributed by atoms with Crippen LogP contribution in [0.25, 0.3) is 10.8 Å². The Morgan fingerprint density at radius 2 is 2.00 bits per heavy atom. The van der Waals surface area contributed by atoms with Crippen LogP contribution in [0.5, 0.6) is 0 Å². The van der Waals surface area contributed by atoms with Crippen molar-refractivity contribution >= 4 is 38.2 Å². The number of hydrogen-bond acceptors (Lipinski definition) is 3. The summed E-state index contributed by atoms with van der Waals surface area (Å²) in [6.45, 7) is 0.769. The van der Waals surface area contributed by atoms with Crippen LogP contribution in [0.1, 0.15) is 5.56 Å². The maximum Gasteiger partial charge on any atom is 0.131 e. The van der Waals surface area contributed by atoms with Crippen molar-refractivity contribution in [1.82, 2.24) is 4.98 Å². The van der Waals surface area contributed by atoms with Gasteiger partial charge in [-0.3, -0.25) is 0 Å². The lowest BCUT2D eigenvalue weighted by molar-refractivity contribution is 1.15. The third-order valence-electron chi connectivity index (χ3n) is 3.18. The lowest BCUT2D eigenvalue weighted by Crippen LogP contribution is -1.99. The molecule has 100 valence electrons. The van der Waals surface area contributed by atoms with Gasteiger partial charge in [0.2, 0.25) is 0 Å². The van der Waals surface area contributed by atoms with Gasteiger partial charge in [0.1, 0.15) is 5.82 Å². The molecule has 0 saturated heterocycles. The molecule has 20 heavy (non-hydrogen) atoms. The fourth-order valence-corrected chi connectivity index (χ4v) is 2.60. The topological polar surface area (TPSA) is 50.9 Å². The zero-order chi connectivity index (χ0) is 13.9. The first-order valence-corrected chi connectivity index (χ1v) is 7.14. The summed E-state index contributed by atoms with van der Waals surface area (Å²) >= 11 is 3.48. The summed E-state index contributed by atoms with van der Waals surface area (Å²) in [5, 5.41) is 5.48. The molecular formula is C16H14BrN3. The van der Waals surface area contributed by atoms with Crippen LogP contribution >= 0.6 is 15.9 Å². The minimum atomic E-state index is 0.564. The maximum atomic E-state index is 5.91. The Bertz CT molecular complexity index is 756. The van der Waals surface area contributed by atoms with E-state index < -0.39 is 0 Å². The number of nitrogen functional groups attached to an aromatic ring is 1. The Morgan fingerprint density at radius 1 is 1.10 bits per heavy atom. The molecule has 0 aliphatic heterocycles. The Kier molecular flexibility index (Phi) is 3.56. The van der Waals surface area contributed by atoms with Gasteiger partial charge in [0.05, 0.1) is 0 Å². The van der Waals surface area contributed by atoms with E-state index in [1.807, 2.05) is 24.3 Å². The number of pyridine rings is 1. The van der Waals surface area contributed by atoms with Crippen LogP contribution in [0.15, 0.2) is 59.2 Å². The number of halogens is 1.